The number of halogens is 1. The van der Waals surface area contributed by atoms with Gasteiger partial charge in [-0.15, -0.1) is 12.4 Å². The standard InChI is InChI=1S/C15H17N5O3.ClH/c1-20-5-4-16-7-11(20)14-18-15(23-19-14)9-2-3-10-12(6-9)22-8-13(21)17-10;/h2-3,6,11,16H,4-5,7-8H2,1H3,(H,17,21);1H. The first-order chi connectivity index (χ1) is 11.2. The summed E-state index contributed by atoms with van der Waals surface area (Å²) >= 11 is 0. The number of anilines is 1. The molecule has 1 atom stereocenters. The fraction of sp³-hybridized carbons (Fsp3) is 0.400. The van der Waals surface area contributed by atoms with Gasteiger partial charge in [0.1, 0.15) is 5.75 Å². The topological polar surface area (TPSA) is 92.5 Å². The van der Waals surface area contributed by atoms with E-state index in [1.54, 1.807) is 12.1 Å². The number of hydrogen-bond acceptors (Lipinski definition) is 7. The zero-order valence-corrected chi connectivity index (χ0v) is 13.9. The summed E-state index contributed by atoms with van der Waals surface area (Å²) in [6.07, 6.45) is 0. The first-order valence-electron chi connectivity index (χ1n) is 7.52. The van der Waals surface area contributed by atoms with Gasteiger partial charge >= 0.3 is 0 Å². The van der Waals surface area contributed by atoms with Gasteiger partial charge in [0.05, 0.1) is 11.7 Å². The molecule has 0 spiro atoms. The lowest BCUT2D eigenvalue weighted by molar-refractivity contribution is -0.118. The molecule has 4 rings (SSSR count). The number of carbonyl (C=O) groups is 1. The Morgan fingerprint density at radius 3 is 3.08 bits per heavy atom. The Balaban J connectivity index is 0.00000169. The van der Waals surface area contributed by atoms with Gasteiger partial charge in [0.2, 0.25) is 0 Å². The van der Waals surface area contributed by atoms with Crippen molar-refractivity contribution >= 4 is 24.0 Å². The fourth-order valence-corrected chi connectivity index (χ4v) is 2.79. The van der Waals surface area contributed by atoms with E-state index in [0.29, 0.717) is 23.2 Å². The minimum atomic E-state index is -0.154. The van der Waals surface area contributed by atoms with Crippen molar-refractivity contribution in [1.29, 1.82) is 0 Å². The van der Waals surface area contributed by atoms with Crippen LogP contribution in [0.4, 0.5) is 5.69 Å². The largest absolute Gasteiger partial charge is 0.482 e. The summed E-state index contributed by atoms with van der Waals surface area (Å²) in [5, 5.41) is 10.2. The van der Waals surface area contributed by atoms with E-state index in [1.807, 2.05) is 6.07 Å². The van der Waals surface area contributed by atoms with Crippen LogP contribution in [0.25, 0.3) is 11.5 Å². The van der Waals surface area contributed by atoms with Gasteiger partial charge in [-0.1, -0.05) is 5.16 Å². The lowest BCUT2D eigenvalue weighted by Crippen LogP contribution is -2.44. The highest BCUT2D eigenvalue weighted by atomic mass is 35.5. The predicted octanol–water partition coefficient (Wildman–Crippen LogP) is 1.07. The third kappa shape index (κ3) is 3.08. The number of amides is 1. The zero-order chi connectivity index (χ0) is 15.8. The van der Waals surface area contributed by atoms with Crippen LogP contribution < -0.4 is 15.4 Å². The Bertz CT molecular complexity index is 750. The monoisotopic (exact) mass is 351 g/mol. The van der Waals surface area contributed by atoms with Crippen molar-refractivity contribution in [3.8, 4) is 17.2 Å². The second kappa shape index (κ2) is 6.76. The highest BCUT2D eigenvalue weighted by molar-refractivity contribution is 5.95. The quantitative estimate of drug-likeness (QED) is 0.835. The molecule has 0 radical (unpaired) electrons. The Kier molecular flexibility index (Phi) is 4.70. The number of piperazine rings is 1. The fourth-order valence-electron chi connectivity index (χ4n) is 2.79. The number of carbonyl (C=O) groups excluding carboxylic acids is 1. The molecule has 0 saturated carbocycles. The zero-order valence-electron chi connectivity index (χ0n) is 13.1. The van der Waals surface area contributed by atoms with Crippen LogP contribution in [-0.4, -0.2) is 54.2 Å². The van der Waals surface area contributed by atoms with Crippen LogP contribution in [0.2, 0.25) is 0 Å². The average Bonchev–Trinajstić information content (AvgIpc) is 3.04. The predicted molar refractivity (Wildman–Crippen MR) is 89.3 cm³/mol. The molecule has 24 heavy (non-hydrogen) atoms. The van der Waals surface area contributed by atoms with E-state index in [-0.39, 0.29) is 31.0 Å². The van der Waals surface area contributed by atoms with Crippen LogP contribution in [0.1, 0.15) is 11.9 Å². The van der Waals surface area contributed by atoms with Gasteiger partial charge in [0, 0.05) is 25.2 Å². The normalized spacial score (nSPS) is 20.5. The Hall–Kier alpha value is -2.16. The SMILES string of the molecule is CN1CCNCC1c1noc(-c2ccc3c(c2)OCC(=O)N3)n1.Cl. The highest BCUT2D eigenvalue weighted by Crippen LogP contribution is 2.32. The molecule has 1 aromatic heterocycles. The smallest absolute Gasteiger partial charge is 0.262 e. The summed E-state index contributed by atoms with van der Waals surface area (Å²) in [6.45, 7) is 2.73. The molecular formula is C15H18ClN5O3. The maximum absolute atomic E-state index is 11.3. The van der Waals surface area contributed by atoms with Crippen molar-refractivity contribution in [2.24, 2.45) is 0 Å². The molecule has 9 heteroatoms. The maximum atomic E-state index is 11.3. The molecule has 0 aliphatic carbocycles. The van der Waals surface area contributed by atoms with Crippen LogP contribution >= 0.6 is 12.4 Å². The third-order valence-electron chi connectivity index (χ3n) is 4.11. The molecule has 2 aromatic rings. The Labute approximate surface area is 145 Å². The van der Waals surface area contributed by atoms with Crippen molar-refractivity contribution in [3.05, 3.63) is 24.0 Å². The first-order valence-corrected chi connectivity index (χ1v) is 7.52. The van der Waals surface area contributed by atoms with Crippen LogP contribution in [0.3, 0.4) is 0 Å². The average molecular weight is 352 g/mol. The van der Waals surface area contributed by atoms with Gasteiger partial charge in [0.15, 0.2) is 12.4 Å². The van der Waals surface area contributed by atoms with Crippen molar-refractivity contribution in [2.75, 3.05) is 38.6 Å². The molecule has 2 aliphatic heterocycles. The molecule has 1 unspecified atom stereocenters. The summed E-state index contributed by atoms with van der Waals surface area (Å²) in [5.74, 6) is 1.57. The molecule has 1 aromatic carbocycles. The number of ether oxygens (including phenoxy) is 1. The van der Waals surface area contributed by atoms with Gasteiger partial charge in [-0.3, -0.25) is 9.69 Å². The van der Waals surface area contributed by atoms with Crippen molar-refractivity contribution < 1.29 is 14.1 Å². The highest BCUT2D eigenvalue weighted by Gasteiger charge is 2.26. The van der Waals surface area contributed by atoms with Gasteiger partial charge < -0.3 is 19.9 Å². The van der Waals surface area contributed by atoms with E-state index in [4.69, 9.17) is 9.26 Å². The molecule has 1 amide bonds. The van der Waals surface area contributed by atoms with E-state index in [0.717, 1.165) is 25.2 Å². The molecule has 2 aliphatic rings. The number of nitrogens with zero attached hydrogens (tertiary/aromatic N) is 3. The number of rotatable bonds is 2. The number of nitrogens with one attached hydrogen (secondary N) is 2. The summed E-state index contributed by atoms with van der Waals surface area (Å²) in [5.41, 5.74) is 1.42. The number of likely N-dealkylation sites (N-methyl/N-ethyl adjacent to an activating group) is 1. The minimum absolute atomic E-state index is 0. The van der Waals surface area contributed by atoms with Crippen LogP contribution in [0.5, 0.6) is 5.75 Å². The van der Waals surface area contributed by atoms with Crippen molar-refractivity contribution in [1.82, 2.24) is 20.4 Å². The Morgan fingerprint density at radius 1 is 1.38 bits per heavy atom. The number of fused-ring (bicyclic) bond motifs is 1. The van der Waals surface area contributed by atoms with Crippen LogP contribution in [0, 0.1) is 0 Å². The molecular weight excluding hydrogens is 334 g/mol. The first kappa shape index (κ1) is 16.7. The van der Waals surface area contributed by atoms with E-state index < -0.39 is 0 Å². The maximum Gasteiger partial charge on any atom is 0.262 e. The summed E-state index contributed by atoms with van der Waals surface area (Å²) in [4.78, 5) is 18.0. The van der Waals surface area contributed by atoms with Crippen LogP contribution in [0.15, 0.2) is 22.7 Å². The number of benzene rings is 1. The molecule has 2 N–H and O–H groups in total. The third-order valence-corrected chi connectivity index (χ3v) is 4.11. The molecule has 8 nitrogen and oxygen atoms in total. The molecule has 3 heterocycles. The van der Waals surface area contributed by atoms with Crippen LogP contribution in [-0.2, 0) is 4.79 Å². The lowest BCUT2D eigenvalue weighted by atomic mass is 10.1. The van der Waals surface area contributed by atoms with Crippen molar-refractivity contribution in [2.45, 2.75) is 6.04 Å². The van der Waals surface area contributed by atoms with E-state index >= 15 is 0 Å². The van der Waals surface area contributed by atoms with Gasteiger partial charge in [0.25, 0.3) is 11.8 Å². The van der Waals surface area contributed by atoms with E-state index in [2.05, 4.69) is 32.7 Å². The lowest BCUT2D eigenvalue weighted by Gasteiger charge is -2.30. The summed E-state index contributed by atoms with van der Waals surface area (Å²) in [7, 11) is 2.05. The van der Waals surface area contributed by atoms with Gasteiger partial charge in [-0.2, -0.15) is 4.98 Å². The van der Waals surface area contributed by atoms with Crippen molar-refractivity contribution in [3.63, 3.8) is 0 Å². The summed E-state index contributed by atoms with van der Waals surface area (Å²) < 4.78 is 10.8. The minimum Gasteiger partial charge on any atom is -0.482 e. The number of hydrogen-bond donors (Lipinski definition) is 2. The number of aromatic nitrogens is 2. The second-order valence-corrected chi connectivity index (χ2v) is 5.71. The molecule has 1 saturated heterocycles. The molecule has 0 bridgehead atoms. The summed E-state index contributed by atoms with van der Waals surface area (Å²) in [6, 6.07) is 5.51. The molecule has 128 valence electrons. The van der Waals surface area contributed by atoms with E-state index in [9.17, 15) is 4.79 Å². The second-order valence-electron chi connectivity index (χ2n) is 5.71. The van der Waals surface area contributed by atoms with E-state index in [1.165, 1.54) is 0 Å². The van der Waals surface area contributed by atoms with Gasteiger partial charge in [-0.05, 0) is 25.2 Å². The Morgan fingerprint density at radius 2 is 2.25 bits per heavy atom. The molecule has 1 fully saturated rings. The van der Waals surface area contributed by atoms with Gasteiger partial charge in [-0.25, -0.2) is 0 Å².